The van der Waals surface area contributed by atoms with Gasteiger partial charge in [-0.25, -0.2) is 0 Å². The largest absolute Gasteiger partial charge is 0.354 e. The number of anilines is 1. The van der Waals surface area contributed by atoms with Crippen molar-refractivity contribution in [2.45, 2.75) is 5.50 Å². The van der Waals surface area contributed by atoms with Gasteiger partial charge in [0.25, 0.3) is 0 Å². The SMILES string of the molecule is S=C1N=NC(Nc2cccc(Cl)c2)S1. The Bertz CT molecular complexity index is 394. The Morgan fingerprint density at radius 3 is 3.00 bits per heavy atom. The lowest BCUT2D eigenvalue weighted by Crippen LogP contribution is -2.09. The van der Waals surface area contributed by atoms with E-state index in [1.165, 1.54) is 11.8 Å². The van der Waals surface area contributed by atoms with Crippen LogP contribution in [0.5, 0.6) is 0 Å². The van der Waals surface area contributed by atoms with Gasteiger partial charge in [-0.1, -0.05) is 17.7 Å². The molecule has 14 heavy (non-hydrogen) atoms. The van der Waals surface area contributed by atoms with Crippen LogP contribution in [0.25, 0.3) is 0 Å². The van der Waals surface area contributed by atoms with Crippen LogP contribution < -0.4 is 5.32 Å². The van der Waals surface area contributed by atoms with Gasteiger partial charge in [-0.2, -0.15) is 0 Å². The smallest absolute Gasteiger partial charge is 0.194 e. The number of benzene rings is 1. The highest BCUT2D eigenvalue weighted by atomic mass is 35.5. The number of azo groups is 1. The Hall–Kier alpha value is -0.650. The van der Waals surface area contributed by atoms with Gasteiger partial charge in [0.15, 0.2) is 9.82 Å². The summed E-state index contributed by atoms with van der Waals surface area (Å²) in [6, 6.07) is 7.45. The summed E-state index contributed by atoms with van der Waals surface area (Å²) in [6.07, 6.45) is 0. The van der Waals surface area contributed by atoms with Crippen LogP contribution in [-0.2, 0) is 0 Å². The zero-order valence-corrected chi connectivity index (χ0v) is 9.36. The first-order valence-electron chi connectivity index (χ1n) is 3.87. The van der Waals surface area contributed by atoms with Crippen LogP contribution in [-0.4, -0.2) is 9.82 Å². The average molecular weight is 244 g/mol. The van der Waals surface area contributed by atoms with Crippen molar-refractivity contribution in [3.63, 3.8) is 0 Å². The summed E-state index contributed by atoms with van der Waals surface area (Å²) in [4.78, 5) is 0. The summed E-state index contributed by atoms with van der Waals surface area (Å²) in [6.45, 7) is 0. The van der Waals surface area contributed by atoms with Gasteiger partial charge >= 0.3 is 0 Å². The average Bonchev–Trinajstić information content (AvgIpc) is 2.51. The third-order valence-corrected chi connectivity index (χ3v) is 2.90. The minimum absolute atomic E-state index is 0.124. The van der Waals surface area contributed by atoms with Crippen LogP contribution in [0.1, 0.15) is 0 Å². The fraction of sp³-hybridized carbons (Fsp3) is 0.125. The lowest BCUT2D eigenvalue weighted by molar-refractivity contribution is 0.996. The van der Waals surface area contributed by atoms with Crippen molar-refractivity contribution in [1.29, 1.82) is 0 Å². The van der Waals surface area contributed by atoms with Crippen LogP contribution in [0.2, 0.25) is 5.02 Å². The van der Waals surface area contributed by atoms with Gasteiger partial charge in [0.2, 0.25) is 0 Å². The molecule has 0 bridgehead atoms. The van der Waals surface area contributed by atoms with E-state index >= 15 is 0 Å². The predicted octanol–water partition coefficient (Wildman–Crippen LogP) is 3.52. The van der Waals surface area contributed by atoms with Gasteiger partial charge in [0.05, 0.1) is 0 Å². The molecule has 3 nitrogen and oxygen atoms in total. The van der Waals surface area contributed by atoms with Gasteiger partial charge in [0, 0.05) is 10.7 Å². The Kier molecular flexibility index (Phi) is 3.00. The zero-order chi connectivity index (χ0) is 9.97. The molecule has 1 N–H and O–H groups in total. The fourth-order valence-corrected chi connectivity index (χ4v) is 2.11. The summed E-state index contributed by atoms with van der Waals surface area (Å²) >= 11 is 12.1. The first-order valence-corrected chi connectivity index (χ1v) is 5.54. The Labute approximate surface area is 95.9 Å². The van der Waals surface area contributed by atoms with Gasteiger partial charge in [0.1, 0.15) is 0 Å². The van der Waals surface area contributed by atoms with E-state index in [1.54, 1.807) is 0 Å². The lowest BCUT2D eigenvalue weighted by atomic mass is 10.3. The molecule has 0 aromatic heterocycles. The summed E-state index contributed by atoms with van der Waals surface area (Å²) in [7, 11) is 0. The maximum atomic E-state index is 5.83. The number of thioether (sulfide) groups is 1. The first-order chi connectivity index (χ1) is 6.74. The molecule has 0 fully saturated rings. The second-order valence-corrected chi connectivity index (χ2v) is 4.76. The number of thiocarbonyl (C=S) groups is 1. The molecular weight excluding hydrogens is 238 g/mol. The quantitative estimate of drug-likeness (QED) is 0.808. The van der Waals surface area contributed by atoms with Crippen molar-refractivity contribution < 1.29 is 0 Å². The maximum Gasteiger partial charge on any atom is 0.194 e. The number of nitrogens with zero attached hydrogens (tertiary/aromatic N) is 2. The number of hydrogen-bond donors (Lipinski definition) is 1. The molecule has 1 atom stereocenters. The van der Waals surface area contributed by atoms with Crippen molar-refractivity contribution in [2.24, 2.45) is 10.2 Å². The molecule has 1 aromatic carbocycles. The molecule has 0 saturated heterocycles. The van der Waals surface area contributed by atoms with Crippen LogP contribution in [0, 0.1) is 0 Å². The lowest BCUT2D eigenvalue weighted by Gasteiger charge is -2.08. The van der Waals surface area contributed by atoms with E-state index in [0.717, 1.165) is 5.69 Å². The first kappa shape index (κ1) is 9.89. The van der Waals surface area contributed by atoms with E-state index in [9.17, 15) is 0 Å². The Morgan fingerprint density at radius 1 is 1.50 bits per heavy atom. The molecule has 1 aliphatic rings. The summed E-state index contributed by atoms with van der Waals surface area (Å²) in [5.41, 5.74) is 0.791. The third kappa shape index (κ3) is 2.43. The highest BCUT2D eigenvalue weighted by molar-refractivity contribution is 8.23. The molecule has 1 aromatic rings. The van der Waals surface area contributed by atoms with Crippen LogP contribution in [0.15, 0.2) is 34.5 Å². The monoisotopic (exact) mass is 243 g/mol. The highest BCUT2D eigenvalue weighted by Gasteiger charge is 2.16. The number of nitrogens with one attached hydrogen (secondary N) is 1. The van der Waals surface area contributed by atoms with Crippen molar-refractivity contribution in [1.82, 2.24) is 0 Å². The molecule has 1 heterocycles. The molecule has 0 spiro atoms. The van der Waals surface area contributed by atoms with Crippen molar-refractivity contribution >= 4 is 45.6 Å². The van der Waals surface area contributed by atoms with Crippen molar-refractivity contribution in [3.8, 4) is 0 Å². The number of halogens is 1. The fourth-order valence-electron chi connectivity index (χ4n) is 1.02. The summed E-state index contributed by atoms with van der Waals surface area (Å²) in [5, 5.41) is 11.5. The molecule has 1 unspecified atom stereocenters. The van der Waals surface area contributed by atoms with E-state index in [-0.39, 0.29) is 5.50 Å². The minimum atomic E-state index is -0.124. The van der Waals surface area contributed by atoms with Crippen LogP contribution in [0.3, 0.4) is 0 Å². The number of hydrogen-bond acceptors (Lipinski definition) is 4. The summed E-state index contributed by atoms with van der Waals surface area (Å²) in [5.74, 6) is 0. The Morgan fingerprint density at radius 2 is 2.36 bits per heavy atom. The van der Waals surface area contributed by atoms with E-state index in [4.69, 9.17) is 23.8 Å². The zero-order valence-electron chi connectivity index (χ0n) is 6.98. The van der Waals surface area contributed by atoms with Gasteiger partial charge in [-0.05, 0) is 42.2 Å². The molecule has 72 valence electrons. The van der Waals surface area contributed by atoms with Gasteiger partial charge < -0.3 is 5.32 Å². The second-order valence-electron chi connectivity index (χ2n) is 2.61. The molecule has 2 rings (SSSR count). The molecule has 0 radical (unpaired) electrons. The molecule has 0 aliphatic carbocycles. The van der Waals surface area contributed by atoms with E-state index in [1.807, 2.05) is 24.3 Å². The van der Waals surface area contributed by atoms with Crippen LogP contribution in [0.4, 0.5) is 5.69 Å². The standard InChI is InChI=1S/C8H6ClN3S2/c9-5-2-1-3-6(4-5)10-7-11-12-8(13)14-7/h1-4,7,10H. The molecule has 0 saturated carbocycles. The van der Waals surface area contributed by atoms with Crippen LogP contribution >= 0.6 is 35.6 Å². The highest BCUT2D eigenvalue weighted by Crippen LogP contribution is 2.25. The third-order valence-electron chi connectivity index (χ3n) is 1.57. The maximum absolute atomic E-state index is 5.83. The molecular formula is C8H6ClN3S2. The molecule has 6 heteroatoms. The van der Waals surface area contributed by atoms with E-state index < -0.39 is 0 Å². The van der Waals surface area contributed by atoms with Crippen molar-refractivity contribution in [3.05, 3.63) is 29.3 Å². The van der Waals surface area contributed by atoms with Crippen molar-refractivity contribution in [2.75, 3.05) is 5.32 Å². The normalized spacial score (nSPS) is 20.1. The minimum Gasteiger partial charge on any atom is -0.354 e. The van der Waals surface area contributed by atoms with Gasteiger partial charge in [-0.3, -0.25) is 0 Å². The number of rotatable bonds is 2. The topological polar surface area (TPSA) is 36.8 Å². The second kappa shape index (κ2) is 4.25. The molecule has 1 aliphatic heterocycles. The van der Waals surface area contributed by atoms with Gasteiger partial charge in [-0.15, -0.1) is 10.2 Å². The predicted molar refractivity (Wildman–Crippen MR) is 63.9 cm³/mol. The van der Waals surface area contributed by atoms with E-state index in [0.29, 0.717) is 9.34 Å². The summed E-state index contributed by atoms with van der Waals surface area (Å²) < 4.78 is 0.560. The van der Waals surface area contributed by atoms with E-state index in [2.05, 4.69) is 15.5 Å². The molecule has 0 amide bonds. The Balaban J connectivity index is 2.05.